The van der Waals surface area contributed by atoms with Gasteiger partial charge in [0.25, 0.3) is 5.95 Å². The van der Waals surface area contributed by atoms with Crippen LogP contribution in [-0.4, -0.2) is 34.3 Å². The smallest absolute Gasteiger partial charge is 0.308 e. The van der Waals surface area contributed by atoms with Crippen molar-refractivity contribution in [2.24, 2.45) is 11.8 Å². The maximum absolute atomic E-state index is 11.3. The van der Waals surface area contributed by atoms with Gasteiger partial charge in [-0.2, -0.15) is 4.98 Å². The van der Waals surface area contributed by atoms with Crippen molar-refractivity contribution in [2.45, 2.75) is 39.5 Å². The van der Waals surface area contributed by atoms with Gasteiger partial charge in [0.05, 0.1) is 5.92 Å². The van der Waals surface area contributed by atoms with Gasteiger partial charge in [0, 0.05) is 19.0 Å². The summed E-state index contributed by atoms with van der Waals surface area (Å²) in [7, 11) is 0. The highest BCUT2D eigenvalue weighted by molar-refractivity contribution is 5.72. The SMILES string of the molecule is CCC[C@H]1CN(c2noc(C(C)C)n2)C[C@@H]1C(=O)O. The largest absolute Gasteiger partial charge is 0.481 e. The van der Waals surface area contributed by atoms with Crippen LogP contribution in [0.25, 0.3) is 0 Å². The Balaban J connectivity index is 2.11. The number of carboxylic acid groups (broad SMARTS) is 1. The van der Waals surface area contributed by atoms with Gasteiger partial charge in [0.1, 0.15) is 0 Å². The molecule has 6 nitrogen and oxygen atoms in total. The van der Waals surface area contributed by atoms with E-state index in [0.717, 1.165) is 12.8 Å². The molecular formula is C13H21N3O3. The second-order valence-electron chi connectivity index (χ2n) is 5.49. The molecule has 1 N–H and O–H groups in total. The molecule has 19 heavy (non-hydrogen) atoms. The highest BCUT2D eigenvalue weighted by Gasteiger charge is 2.38. The van der Waals surface area contributed by atoms with E-state index in [9.17, 15) is 9.90 Å². The maximum Gasteiger partial charge on any atom is 0.308 e. The van der Waals surface area contributed by atoms with E-state index < -0.39 is 5.97 Å². The van der Waals surface area contributed by atoms with Crippen molar-refractivity contribution in [1.29, 1.82) is 0 Å². The second-order valence-corrected chi connectivity index (χ2v) is 5.49. The molecule has 2 rings (SSSR count). The molecular weight excluding hydrogens is 246 g/mol. The molecule has 0 radical (unpaired) electrons. The van der Waals surface area contributed by atoms with Crippen LogP contribution in [0, 0.1) is 11.8 Å². The standard InChI is InChI=1S/C13H21N3O3/c1-4-5-9-6-16(7-10(9)12(17)18)13-14-11(8(2)3)19-15-13/h8-10H,4-7H2,1-3H3,(H,17,18)/t9-,10-/m0/s1. The van der Waals surface area contributed by atoms with E-state index in [1.54, 1.807) is 0 Å². The van der Waals surface area contributed by atoms with Crippen molar-refractivity contribution in [3.8, 4) is 0 Å². The molecule has 106 valence electrons. The van der Waals surface area contributed by atoms with Crippen LogP contribution in [0.1, 0.15) is 45.4 Å². The molecule has 2 atom stereocenters. The van der Waals surface area contributed by atoms with Gasteiger partial charge >= 0.3 is 5.97 Å². The van der Waals surface area contributed by atoms with Crippen molar-refractivity contribution < 1.29 is 14.4 Å². The zero-order valence-corrected chi connectivity index (χ0v) is 11.7. The minimum Gasteiger partial charge on any atom is -0.481 e. The van der Waals surface area contributed by atoms with Crippen molar-refractivity contribution in [2.75, 3.05) is 18.0 Å². The van der Waals surface area contributed by atoms with Gasteiger partial charge in [-0.15, -0.1) is 0 Å². The summed E-state index contributed by atoms with van der Waals surface area (Å²) in [5.74, 6) is 0.415. The number of hydrogen-bond donors (Lipinski definition) is 1. The Hall–Kier alpha value is -1.59. The van der Waals surface area contributed by atoms with E-state index in [-0.39, 0.29) is 17.8 Å². The molecule has 1 aliphatic heterocycles. The van der Waals surface area contributed by atoms with Crippen LogP contribution in [-0.2, 0) is 4.79 Å². The van der Waals surface area contributed by atoms with Crippen molar-refractivity contribution in [3.63, 3.8) is 0 Å². The van der Waals surface area contributed by atoms with Crippen LogP contribution in [0.4, 0.5) is 5.95 Å². The van der Waals surface area contributed by atoms with E-state index in [2.05, 4.69) is 17.1 Å². The van der Waals surface area contributed by atoms with E-state index in [1.807, 2.05) is 18.7 Å². The normalized spacial score (nSPS) is 23.3. The fourth-order valence-corrected chi connectivity index (χ4v) is 2.57. The Morgan fingerprint density at radius 2 is 2.26 bits per heavy atom. The molecule has 0 saturated carbocycles. The lowest BCUT2D eigenvalue weighted by Gasteiger charge is -2.12. The average Bonchev–Trinajstić information content (AvgIpc) is 2.94. The Morgan fingerprint density at radius 3 is 2.79 bits per heavy atom. The molecule has 1 aromatic heterocycles. The second kappa shape index (κ2) is 5.59. The van der Waals surface area contributed by atoms with Gasteiger partial charge in [0.2, 0.25) is 5.89 Å². The first-order valence-electron chi connectivity index (χ1n) is 6.84. The monoisotopic (exact) mass is 267 g/mol. The van der Waals surface area contributed by atoms with E-state index >= 15 is 0 Å². The van der Waals surface area contributed by atoms with Crippen molar-refractivity contribution in [3.05, 3.63) is 5.89 Å². The first-order chi connectivity index (χ1) is 9.02. The minimum atomic E-state index is -0.728. The van der Waals surface area contributed by atoms with Crippen LogP contribution in [0.5, 0.6) is 0 Å². The van der Waals surface area contributed by atoms with Crippen LogP contribution in [0.3, 0.4) is 0 Å². The number of aliphatic carboxylic acids is 1. The molecule has 1 aliphatic rings. The lowest BCUT2D eigenvalue weighted by molar-refractivity contribution is -0.142. The summed E-state index contributed by atoms with van der Waals surface area (Å²) in [5.41, 5.74) is 0. The third kappa shape index (κ3) is 2.88. The number of nitrogens with zero attached hydrogens (tertiary/aromatic N) is 3. The van der Waals surface area contributed by atoms with E-state index in [0.29, 0.717) is 24.9 Å². The molecule has 0 aliphatic carbocycles. The topological polar surface area (TPSA) is 79.5 Å². The summed E-state index contributed by atoms with van der Waals surface area (Å²) in [5, 5.41) is 13.2. The molecule has 1 fully saturated rings. The average molecular weight is 267 g/mol. The lowest BCUT2D eigenvalue weighted by Crippen LogP contribution is -2.24. The summed E-state index contributed by atoms with van der Waals surface area (Å²) < 4.78 is 5.18. The summed E-state index contributed by atoms with van der Waals surface area (Å²) in [6, 6.07) is 0. The molecule has 0 spiro atoms. The number of aromatic nitrogens is 2. The fraction of sp³-hybridized carbons (Fsp3) is 0.769. The van der Waals surface area contributed by atoms with Crippen LogP contribution >= 0.6 is 0 Å². The zero-order valence-electron chi connectivity index (χ0n) is 11.7. The predicted octanol–water partition coefficient (Wildman–Crippen LogP) is 2.13. The zero-order chi connectivity index (χ0) is 14.0. The van der Waals surface area contributed by atoms with Crippen LogP contribution in [0.15, 0.2) is 4.52 Å². The number of anilines is 1. The van der Waals surface area contributed by atoms with Gasteiger partial charge in [-0.25, -0.2) is 0 Å². The molecule has 6 heteroatoms. The number of carboxylic acids is 1. The molecule has 0 amide bonds. The Labute approximate surface area is 112 Å². The minimum absolute atomic E-state index is 0.170. The lowest BCUT2D eigenvalue weighted by atomic mass is 9.92. The quantitative estimate of drug-likeness (QED) is 0.880. The summed E-state index contributed by atoms with van der Waals surface area (Å²) in [6.45, 7) is 7.22. The number of rotatable bonds is 5. The number of hydrogen-bond acceptors (Lipinski definition) is 5. The van der Waals surface area contributed by atoms with Crippen molar-refractivity contribution in [1.82, 2.24) is 10.1 Å². The Bertz CT molecular complexity index is 444. The van der Waals surface area contributed by atoms with Gasteiger partial charge in [-0.05, 0) is 17.5 Å². The summed E-state index contributed by atoms with van der Waals surface area (Å²) in [4.78, 5) is 17.5. The van der Waals surface area contributed by atoms with Gasteiger partial charge in [-0.3, -0.25) is 4.79 Å². The summed E-state index contributed by atoms with van der Waals surface area (Å²) in [6.07, 6.45) is 1.91. The van der Waals surface area contributed by atoms with Crippen molar-refractivity contribution >= 4 is 11.9 Å². The van der Waals surface area contributed by atoms with Gasteiger partial charge in [0.15, 0.2) is 0 Å². The van der Waals surface area contributed by atoms with Gasteiger partial charge in [-0.1, -0.05) is 27.2 Å². The summed E-state index contributed by atoms with van der Waals surface area (Å²) >= 11 is 0. The fourth-order valence-electron chi connectivity index (χ4n) is 2.57. The van der Waals surface area contributed by atoms with Crippen LogP contribution in [0.2, 0.25) is 0 Å². The number of carbonyl (C=O) groups is 1. The molecule has 1 saturated heterocycles. The maximum atomic E-state index is 11.3. The predicted molar refractivity (Wildman–Crippen MR) is 70.1 cm³/mol. The molecule has 2 heterocycles. The first-order valence-corrected chi connectivity index (χ1v) is 6.84. The van der Waals surface area contributed by atoms with Gasteiger partial charge < -0.3 is 14.5 Å². The highest BCUT2D eigenvalue weighted by Crippen LogP contribution is 2.30. The molecule has 1 aromatic rings. The third-order valence-electron chi connectivity index (χ3n) is 3.63. The van der Waals surface area contributed by atoms with E-state index in [4.69, 9.17) is 4.52 Å². The third-order valence-corrected chi connectivity index (χ3v) is 3.63. The highest BCUT2D eigenvalue weighted by atomic mass is 16.5. The van der Waals surface area contributed by atoms with Crippen LogP contribution < -0.4 is 4.90 Å². The Morgan fingerprint density at radius 1 is 1.53 bits per heavy atom. The first kappa shape index (κ1) is 13.8. The van der Waals surface area contributed by atoms with E-state index in [1.165, 1.54) is 0 Å². The molecule has 0 unspecified atom stereocenters. The Kier molecular flexibility index (Phi) is 4.07. The molecule has 0 bridgehead atoms. The molecule has 0 aromatic carbocycles.